The number of carbonyl (C=O) groups excluding carboxylic acids is 2. The van der Waals surface area contributed by atoms with Crippen molar-refractivity contribution in [3.63, 3.8) is 0 Å². The molecule has 1 heterocycles. The van der Waals surface area contributed by atoms with Crippen molar-refractivity contribution in [2.75, 3.05) is 13.2 Å². The molecule has 0 bridgehead atoms. The van der Waals surface area contributed by atoms with Crippen LogP contribution in [0.5, 0.6) is 11.5 Å². The van der Waals surface area contributed by atoms with Gasteiger partial charge in [0.25, 0.3) is 0 Å². The summed E-state index contributed by atoms with van der Waals surface area (Å²) in [5.41, 5.74) is 2.83. The van der Waals surface area contributed by atoms with Crippen molar-refractivity contribution in [1.29, 1.82) is 0 Å². The van der Waals surface area contributed by atoms with Crippen LogP contribution in [0, 0.1) is 23.6 Å². The van der Waals surface area contributed by atoms with E-state index in [4.69, 9.17) is 4.74 Å². The van der Waals surface area contributed by atoms with Crippen molar-refractivity contribution in [1.82, 2.24) is 4.90 Å². The SMILES string of the molecule is C/C(=C\c1ccc(O)c(F)c1)CC[C@@H](O)C1=C(COc2ccccc2)C[C@H]2C(=O)N(C3CCCCC3)C(=O)[C@H]2[C@H]1CO. The summed E-state index contributed by atoms with van der Waals surface area (Å²) >= 11 is 0. The van der Waals surface area contributed by atoms with Crippen LogP contribution in [-0.2, 0) is 9.59 Å². The molecule has 5 rings (SSSR count). The molecule has 2 aliphatic carbocycles. The van der Waals surface area contributed by atoms with Crippen molar-refractivity contribution < 1.29 is 34.0 Å². The summed E-state index contributed by atoms with van der Waals surface area (Å²) in [4.78, 5) is 29.0. The highest BCUT2D eigenvalue weighted by Crippen LogP contribution is 2.47. The summed E-state index contributed by atoms with van der Waals surface area (Å²) in [5, 5.41) is 31.7. The second kappa shape index (κ2) is 13.2. The van der Waals surface area contributed by atoms with Crippen LogP contribution in [0.25, 0.3) is 6.08 Å². The molecule has 4 atom stereocenters. The van der Waals surface area contributed by atoms with E-state index in [-0.39, 0.29) is 31.1 Å². The lowest BCUT2D eigenvalue weighted by molar-refractivity contribution is -0.143. The molecule has 1 aliphatic heterocycles. The van der Waals surface area contributed by atoms with E-state index < -0.39 is 35.4 Å². The minimum atomic E-state index is -0.969. The van der Waals surface area contributed by atoms with Gasteiger partial charge in [0.05, 0.1) is 24.5 Å². The number of carbonyl (C=O) groups is 2. The summed E-state index contributed by atoms with van der Waals surface area (Å²) in [6, 6.07) is 13.4. The highest BCUT2D eigenvalue weighted by atomic mass is 19.1. The molecule has 2 amide bonds. The van der Waals surface area contributed by atoms with Crippen molar-refractivity contribution in [2.24, 2.45) is 17.8 Å². The molecule has 0 spiro atoms. The van der Waals surface area contributed by atoms with Gasteiger partial charge in [-0.1, -0.05) is 55.2 Å². The van der Waals surface area contributed by atoms with Gasteiger partial charge in [-0.05, 0) is 80.0 Å². The van der Waals surface area contributed by atoms with Crippen LogP contribution in [0.3, 0.4) is 0 Å². The maximum atomic E-state index is 13.8. The van der Waals surface area contributed by atoms with E-state index in [2.05, 4.69) is 0 Å². The predicted molar refractivity (Wildman–Crippen MR) is 157 cm³/mol. The van der Waals surface area contributed by atoms with Gasteiger partial charge in [-0.3, -0.25) is 14.5 Å². The van der Waals surface area contributed by atoms with Crippen molar-refractivity contribution in [3.8, 4) is 11.5 Å². The van der Waals surface area contributed by atoms with Gasteiger partial charge in [0.15, 0.2) is 11.6 Å². The zero-order chi connectivity index (χ0) is 29.8. The summed E-state index contributed by atoms with van der Waals surface area (Å²) in [6.07, 6.45) is 6.62. The number of phenolic OH excluding ortho intramolecular Hbond substituents is 1. The molecule has 8 heteroatoms. The first-order valence-corrected chi connectivity index (χ1v) is 15.0. The number of nitrogens with zero attached hydrogens (tertiary/aromatic N) is 1. The number of halogens is 1. The van der Waals surface area contributed by atoms with Crippen molar-refractivity contribution in [2.45, 2.75) is 70.4 Å². The van der Waals surface area contributed by atoms with Gasteiger partial charge < -0.3 is 20.1 Å². The lowest BCUT2D eigenvalue weighted by Gasteiger charge is -2.36. The molecule has 0 unspecified atom stereocenters. The molecule has 0 aromatic heterocycles. The first kappa shape index (κ1) is 30.0. The van der Waals surface area contributed by atoms with Crippen LogP contribution in [0.4, 0.5) is 4.39 Å². The van der Waals surface area contributed by atoms with Gasteiger partial charge in [-0.2, -0.15) is 0 Å². The van der Waals surface area contributed by atoms with Crippen LogP contribution < -0.4 is 4.74 Å². The third-order valence-electron chi connectivity index (χ3n) is 9.07. The number of ether oxygens (including phenoxy) is 1. The lowest BCUT2D eigenvalue weighted by atomic mass is 9.68. The first-order chi connectivity index (χ1) is 20.3. The van der Waals surface area contributed by atoms with Gasteiger partial charge in [-0.15, -0.1) is 0 Å². The van der Waals surface area contributed by atoms with E-state index in [1.807, 2.05) is 37.3 Å². The van der Waals surface area contributed by atoms with Gasteiger partial charge >= 0.3 is 0 Å². The second-order valence-corrected chi connectivity index (χ2v) is 11.9. The third-order valence-corrected chi connectivity index (χ3v) is 9.07. The van der Waals surface area contributed by atoms with Crippen molar-refractivity contribution in [3.05, 3.63) is 76.6 Å². The zero-order valence-corrected chi connectivity index (χ0v) is 24.0. The molecule has 224 valence electrons. The minimum Gasteiger partial charge on any atom is -0.505 e. The maximum absolute atomic E-state index is 13.8. The van der Waals surface area contributed by atoms with Crippen LogP contribution in [0.15, 0.2) is 65.3 Å². The summed E-state index contributed by atoms with van der Waals surface area (Å²) in [5.74, 6) is -2.82. The van der Waals surface area contributed by atoms with Crippen molar-refractivity contribution >= 4 is 17.9 Å². The first-order valence-electron chi connectivity index (χ1n) is 15.0. The van der Waals surface area contributed by atoms with Crippen LogP contribution in [0.1, 0.15) is 63.9 Å². The van der Waals surface area contributed by atoms with E-state index in [9.17, 15) is 29.3 Å². The maximum Gasteiger partial charge on any atom is 0.234 e. The summed E-state index contributed by atoms with van der Waals surface area (Å²) in [7, 11) is 0. The molecule has 2 aromatic rings. The number of aliphatic hydroxyl groups excluding tert-OH is 2. The molecular weight excluding hydrogens is 537 g/mol. The Labute approximate surface area is 246 Å². The highest BCUT2D eigenvalue weighted by molar-refractivity contribution is 6.06. The molecule has 1 saturated heterocycles. The average molecular weight is 578 g/mol. The molecular formula is C34H40FNO6. The predicted octanol–water partition coefficient (Wildman–Crippen LogP) is 5.40. The Kier molecular flexibility index (Phi) is 9.43. The number of allylic oxidation sites excluding steroid dienone is 1. The fourth-order valence-electron chi connectivity index (χ4n) is 6.99. The summed E-state index contributed by atoms with van der Waals surface area (Å²) < 4.78 is 19.9. The van der Waals surface area contributed by atoms with Gasteiger partial charge in [0, 0.05) is 12.0 Å². The number of aliphatic hydroxyl groups is 2. The number of hydrogen-bond acceptors (Lipinski definition) is 6. The third kappa shape index (κ3) is 6.30. The lowest BCUT2D eigenvalue weighted by Crippen LogP contribution is -2.42. The number of para-hydroxylation sites is 1. The number of imide groups is 1. The van der Waals surface area contributed by atoms with E-state index >= 15 is 0 Å². The number of likely N-dealkylation sites (tertiary alicyclic amines) is 1. The van der Waals surface area contributed by atoms with E-state index in [0.717, 1.165) is 43.3 Å². The van der Waals surface area contributed by atoms with Gasteiger partial charge in [-0.25, -0.2) is 4.39 Å². The molecule has 2 aromatic carbocycles. The Morgan fingerprint density at radius 3 is 2.52 bits per heavy atom. The average Bonchev–Trinajstić information content (AvgIpc) is 3.25. The minimum absolute atomic E-state index is 0.0985. The number of hydrogen-bond donors (Lipinski definition) is 3. The van der Waals surface area contributed by atoms with E-state index in [1.54, 1.807) is 12.1 Å². The molecule has 0 radical (unpaired) electrons. The Bertz CT molecular complexity index is 1350. The number of aromatic hydroxyl groups is 1. The highest BCUT2D eigenvalue weighted by Gasteiger charge is 2.56. The number of fused-ring (bicyclic) bond motifs is 1. The van der Waals surface area contributed by atoms with Gasteiger partial charge in [0.1, 0.15) is 12.4 Å². The number of benzene rings is 2. The summed E-state index contributed by atoms with van der Waals surface area (Å²) in [6.45, 7) is 1.66. The number of rotatable bonds is 10. The molecule has 7 nitrogen and oxygen atoms in total. The topological polar surface area (TPSA) is 107 Å². The fourth-order valence-corrected chi connectivity index (χ4v) is 6.99. The van der Waals surface area contributed by atoms with Crippen LogP contribution in [-0.4, -0.2) is 57.4 Å². The number of amides is 2. The number of phenols is 1. The molecule has 1 saturated carbocycles. The quantitative estimate of drug-likeness (QED) is 0.258. The Balaban J connectivity index is 1.40. The largest absolute Gasteiger partial charge is 0.505 e. The standard InChI is InChI=1S/C34H40FNO6/c1-21(16-22-13-15-29(38)28(35)17-22)12-14-30(39)31-23(20-42-25-10-6-3-7-11-25)18-26-32(27(31)19-37)34(41)36(33(26)40)24-8-4-2-5-9-24/h3,6-7,10-11,13,15-17,24,26-27,30,32,37-39H,2,4-5,8-9,12,14,18-20H2,1H3/b21-16+/t26-,27+,30-,32-/m1/s1. The second-order valence-electron chi connectivity index (χ2n) is 11.9. The van der Waals surface area contributed by atoms with E-state index in [1.165, 1.54) is 17.0 Å². The normalized spacial score (nSPS) is 24.2. The molecule has 42 heavy (non-hydrogen) atoms. The Morgan fingerprint density at radius 1 is 1.10 bits per heavy atom. The molecule has 3 N–H and O–H groups in total. The Hall–Kier alpha value is -3.49. The Morgan fingerprint density at radius 2 is 1.83 bits per heavy atom. The van der Waals surface area contributed by atoms with Gasteiger partial charge in [0.2, 0.25) is 11.8 Å². The monoisotopic (exact) mass is 577 g/mol. The van der Waals surface area contributed by atoms with Crippen LogP contribution in [0.2, 0.25) is 0 Å². The zero-order valence-electron chi connectivity index (χ0n) is 24.0. The smallest absolute Gasteiger partial charge is 0.234 e. The molecule has 2 fully saturated rings. The van der Waals surface area contributed by atoms with Crippen LogP contribution >= 0.6 is 0 Å². The fraction of sp³-hybridized carbons (Fsp3) is 0.471. The molecule has 3 aliphatic rings. The van der Waals surface area contributed by atoms with E-state index in [0.29, 0.717) is 36.1 Å².